The van der Waals surface area contributed by atoms with Gasteiger partial charge in [0.25, 0.3) is 0 Å². The van der Waals surface area contributed by atoms with Gasteiger partial charge in [-0.3, -0.25) is 4.79 Å². The van der Waals surface area contributed by atoms with Crippen LogP contribution in [0, 0.1) is 0 Å². The summed E-state index contributed by atoms with van der Waals surface area (Å²) in [6.45, 7) is 0. The van der Waals surface area contributed by atoms with Crippen LogP contribution in [-0.2, 0) is 0 Å². The molecule has 0 spiro atoms. The molecular weight excluding hydrogens is 396 g/mol. The van der Waals surface area contributed by atoms with Crippen LogP contribution in [0.5, 0.6) is 23.0 Å². The van der Waals surface area contributed by atoms with Crippen molar-refractivity contribution in [2.45, 2.75) is 0 Å². The van der Waals surface area contributed by atoms with Crippen molar-refractivity contribution in [1.82, 2.24) is 0 Å². The van der Waals surface area contributed by atoms with E-state index < -0.39 is 5.97 Å². The summed E-state index contributed by atoms with van der Waals surface area (Å²) in [5, 5.41) is 0. The first-order valence-electron chi connectivity index (χ1n) is 9.45. The van der Waals surface area contributed by atoms with Crippen LogP contribution in [-0.4, -0.2) is 33.1 Å². The fourth-order valence-electron chi connectivity index (χ4n) is 2.80. The molecule has 158 valence electrons. The highest BCUT2D eigenvalue weighted by Gasteiger charge is 2.13. The lowest BCUT2D eigenvalue weighted by atomic mass is 10.1. The quantitative estimate of drug-likeness (QED) is 0.226. The van der Waals surface area contributed by atoms with Gasteiger partial charge in [0.05, 0.1) is 26.9 Å². The molecule has 0 N–H and O–H groups in total. The zero-order chi connectivity index (χ0) is 22.2. The van der Waals surface area contributed by atoms with Gasteiger partial charge in [0.15, 0.2) is 17.3 Å². The van der Waals surface area contributed by atoms with Gasteiger partial charge in [-0.15, -0.1) is 0 Å². The number of allylic oxidation sites excluding steroid dienone is 1. The Kier molecular flexibility index (Phi) is 7.06. The highest BCUT2D eigenvalue weighted by Crippen LogP contribution is 2.29. The van der Waals surface area contributed by atoms with Crippen molar-refractivity contribution in [3.63, 3.8) is 0 Å². The van der Waals surface area contributed by atoms with Crippen molar-refractivity contribution in [2.24, 2.45) is 0 Å². The smallest absolute Gasteiger partial charge is 0.343 e. The minimum Gasteiger partial charge on any atom is -0.497 e. The van der Waals surface area contributed by atoms with Crippen LogP contribution in [0.3, 0.4) is 0 Å². The number of rotatable bonds is 8. The number of ether oxygens (including phenoxy) is 4. The fraction of sp³-hybridized carbons (Fsp3) is 0.120. The SMILES string of the molecule is COc1ccc(C(=O)C=Cc2ccc(OC(=O)c3cccc(OC)c3)c(OC)c2)cc1. The molecule has 0 bridgehead atoms. The maximum atomic E-state index is 12.5. The fourth-order valence-corrected chi connectivity index (χ4v) is 2.80. The van der Waals surface area contributed by atoms with Gasteiger partial charge in [0.2, 0.25) is 0 Å². The predicted octanol–water partition coefficient (Wildman–Crippen LogP) is 4.83. The highest BCUT2D eigenvalue weighted by atomic mass is 16.6. The van der Waals surface area contributed by atoms with E-state index >= 15 is 0 Å². The zero-order valence-electron chi connectivity index (χ0n) is 17.5. The lowest BCUT2D eigenvalue weighted by Crippen LogP contribution is -2.09. The van der Waals surface area contributed by atoms with Crippen molar-refractivity contribution in [3.05, 3.63) is 89.5 Å². The maximum absolute atomic E-state index is 12.5. The maximum Gasteiger partial charge on any atom is 0.343 e. The van der Waals surface area contributed by atoms with Crippen LogP contribution in [0.4, 0.5) is 0 Å². The number of hydrogen-bond acceptors (Lipinski definition) is 6. The van der Waals surface area contributed by atoms with Gasteiger partial charge in [0.1, 0.15) is 11.5 Å². The van der Waals surface area contributed by atoms with Crippen LogP contribution in [0.2, 0.25) is 0 Å². The number of benzene rings is 3. The summed E-state index contributed by atoms with van der Waals surface area (Å²) < 4.78 is 21.0. The van der Waals surface area contributed by atoms with Crippen molar-refractivity contribution in [2.75, 3.05) is 21.3 Å². The first-order valence-corrected chi connectivity index (χ1v) is 9.45. The van der Waals surface area contributed by atoms with E-state index in [9.17, 15) is 9.59 Å². The van der Waals surface area contributed by atoms with Crippen LogP contribution >= 0.6 is 0 Å². The summed E-state index contributed by atoms with van der Waals surface area (Å²) in [7, 11) is 4.58. The minimum atomic E-state index is -0.532. The molecule has 31 heavy (non-hydrogen) atoms. The number of carbonyl (C=O) groups is 2. The number of esters is 1. The van der Waals surface area contributed by atoms with E-state index in [4.69, 9.17) is 18.9 Å². The third kappa shape index (κ3) is 5.51. The molecule has 0 saturated heterocycles. The van der Waals surface area contributed by atoms with E-state index in [0.29, 0.717) is 28.4 Å². The second-order valence-corrected chi connectivity index (χ2v) is 6.46. The molecule has 0 fully saturated rings. The van der Waals surface area contributed by atoms with Gasteiger partial charge in [-0.2, -0.15) is 0 Å². The molecule has 0 amide bonds. The Labute approximate surface area is 180 Å². The molecule has 6 nitrogen and oxygen atoms in total. The van der Waals surface area contributed by atoms with Gasteiger partial charge < -0.3 is 18.9 Å². The Hall–Kier alpha value is -4.06. The Bertz CT molecular complexity index is 1100. The average molecular weight is 418 g/mol. The summed E-state index contributed by atoms with van der Waals surface area (Å²) in [5.74, 6) is 1.21. The topological polar surface area (TPSA) is 71.1 Å². The molecule has 0 aliphatic heterocycles. The molecule has 0 aliphatic rings. The minimum absolute atomic E-state index is 0.143. The van der Waals surface area contributed by atoms with Crippen LogP contribution < -0.4 is 18.9 Å². The van der Waals surface area contributed by atoms with Gasteiger partial charge in [-0.25, -0.2) is 4.79 Å². The molecule has 0 saturated carbocycles. The standard InChI is InChI=1S/C25H22O6/c1-28-20-11-9-18(10-12-20)22(26)13-7-17-8-14-23(24(15-17)30-3)31-25(27)19-5-4-6-21(16-19)29-2/h4-16H,1-3H3. The zero-order valence-corrected chi connectivity index (χ0v) is 17.5. The van der Waals surface area contributed by atoms with E-state index in [-0.39, 0.29) is 11.5 Å². The monoisotopic (exact) mass is 418 g/mol. The summed E-state index contributed by atoms with van der Waals surface area (Å²) in [6, 6.07) is 18.6. The molecule has 3 aromatic rings. The number of carbonyl (C=O) groups excluding carboxylic acids is 2. The third-order valence-corrected chi connectivity index (χ3v) is 4.50. The largest absolute Gasteiger partial charge is 0.497 e. The van der Waals surface area contributed by atoms with Crippen molar-refractivity contribution < 1.29 is 28.5 Å². The van der Waals surface area contributed by atoms with E-state index in [1.54, 1.807) is 79.9 Å². The molecular formula is C25H22O6. The summed E-state index contributed by atoms with van der Waals surface area (Å²) in [5.41, 5.74) is 1.63. The first kappa shape index (κ1) is 21.6. The molecule has 3 rings (SSSR count). The molecule has 0 radical (unpaired) electrons. The molecule has 6 heteroatoms. The molecule has 0 unspecified atom stereocenters. The van der Waals surface area contributed by atoms with E-state index in [0.717, 1.165) is 5.56 Å². The Morgan fingerprint density at radius 1 is 0.710 bits per heavy atom. The van der Waals surface area contributed by atoms with E-state index in [1.807, 2.05) is 0 Å². The molecule has 0 atom stereocenters. The number of hydrogen-bond donors (Lipinski definition) is 0. The Morgan fingerprint density at radius 3 is 2.13 bits per heavy atom. The number of ketones is 1. The average Bonchev–Trinajstić information content (AvgIpc) is 2.83. The predicted molar refractivity (Wildman–Crippen MR) is 117 cm³/mol. The van der Waals surface area contributed by atoms with Crippen molar-refractivity contribution >= 4 is 17.8 Å². The normalized spacial score (nSPS) is 10.5. The van der Waals surface area contributed by atoms with Gasteiger partial charge in [-0.05, 0) is 66.2 Å². The molecule has 0 aliphatic carbocycles. The summed E-state index contributed by atoms with van der Waals surface area (Å²) >= 11 is 0. The molecule has 0 heterocycles. The second-order valence-electron chi connectivity index (χ2n) is 6.46. The first-order chi connectivity index (χ1) is 15.0. The van der Waals surface area contributed by atoms with E-state index in [2.05, 4.69) is 0 Å². The van der Waals surface area contributed by atoms with Gasteiger partial charge >= 0.3 is 5.97 Å². The van der Waals surface area contributed by atoms with Crippen LogP contribution in [0.1, 0.15) is 26.3 Å². The van der Waals surface area contributed by atoms with Crippen molar-refractivity contribution in [1.29, 1.82) is 0 Å². The van der Waals surface area contributed by atoms with Crippen LogP contribution in [0.15, 0.2) is 72.8 Å². The third-order valence-electron chi connectivity index (χ3n) is 4.50. The summed E-state index contributed by atoms with van der Waals surface area (Å²) in [4.78, 5) is 24.8. The Morgan fingerprint density at radius 2 is 1.45 bits per heavy atom. The molecule has 3 aromatic carbocycles. The lowest BCUT2D eigenvalue weighted by molar-refractivity contribution is 0.0729. The van der Waals surface area contributed by atoms with Gasteiger partial charge in [0, 0.05) is 5.56 Å². The van der Waals surface area contributed by atoms with Crippen LogP contribution in [0.25, 0.3) is 6.08 Å². The number of methoxy groups -OCH3 is 3. The summed E-state index contributed by atoms with van der Waals surface area (Å²) in [6.07, 6.45) is 3.14. The van der Waals surface area contributed by atoms with Gasteiger partial charge in [-0.1, -0.05) is 18.2 Å². The molecule has 0 aromatic heterocycles. The van der Waals surface area contributed by atoms with E-state index in [1.165, 1.54) is 20.3 Å². The van der Waals surface area contributed by atoms with Crippen molar-refractivity contribution in [3.8, 4) is 23.0 Å². The highest BCUT2D eigenvalue weighted by molar-refractivity contribution is 6.06. The Balaban J connectivity index is 1.73. The second kappa shape index (κ2) is 10.1. The lowest BCUT2D eigenvalue weighted by Gasteiger charge is -2.10.